The minimum atomic E-state index is 0.0258. The average molecular weight is 398 g/mol. The fourth-order valence-electron chi connectivity index (χ4n) is 3.98. The summed E-state index contributed by atoms with van der Waals surface area (Å²) in [6, 6.07) is 16.0. The highest BCUT2D eigenvalue weighted by Gasteiger charge is 2.31. The lowest BCUT2D eigenvalue weighted by atomic mass is 9.98. The van der Waals surface area contributed by atoms with Crippen LogP contribution in [0.25, 0.3) is 11.1 Å². The lowest BCUT2D eigenvalue weighted by Crippen LogP contribution is -2.21. The van der Waals surface area contributed by atoms with Crippen molar-refractivity contribution < 1.29 is 9.15 Å². The van der Waals surface area contributed by atoms with Gasteiger partial charge in [-0.05, 0) is 53.9 Å². The largest absolute Gasteiger partial charge is 0.497 e. The molecule has 1 aliphatic rings. The maximum atomic E-state index is 5.69. The number of pyridine rings is 1. The van der Waals surface area contributed by atoms with E-state index in [1.54, 1.807) is 13.4 Å². The van der Waals surface area contributed by atoms with Gasteiger partial charge in [0.15, 0.2) is 5.82 Å². The molecule has 150 valence electrons. The Labute approximate surface area is 174 Å². The van der Waals surface area contributed by atoms with E-state index in [-0.39, 0.29) is 6.04 Å². The van der Waals surface area contributed by atoms with Crippen molar-refractivity contribution in [1.29, 1.82) is 0 Å². The Hall–Kier alpha value is -3.67. The number of nitrogens with zero attached hydrogens (tertiary/aromatic N) is 4. The number of aryl methyl sites for hydroxylation is 1. The maximum Gasteiger partial charge on any atom is 0.159 e. The standard InChI is InChI=1S/C24H22N4O2/c1-3-19-23(17-6-8-18(29-2)9-7-17)24-26-20(22-5-4-14-30-22)15-21(28(24)27-19)16-10-12-25-13-11-16/h4-14,21H,3,15H2,1-2H3/t21-/m0/s1. The Morgan fingerprint density at radius 1 is 1.10 bits per heavy atom. The van der Waals surface area contributed by atoms with Crippen LogP contribution in [0.15, 0.2) is 76.6 Å². The molecule has 3 aromatic heterocycles. The van der Waals surface area contributed by atoms with Gasteiger partial charge in [0, 0.05) is 24.4 Å². The van der Waals surface area contributed by atoms with Crippen molar-refractivity contribution in [3.8, 4) is 16.9 Å². The highest BCUT2D eigenvalue weighted by Crippen LogP contribution is 2.42. The van der Waals surface area contributed by atoms with Crippen molar-refractivity contribution in [2.45, 2.75) is 25.8 Å². The van der Waals surface area contributed by atoms with E-state index in [0.717, 1.165) is 51.8 Å². The lowest BCUT2D eigenvalue weighted by Gasteiger charge is -2.24. The Balaban J connectivity index is 1.72. The number of fused-ring (bicyclic) bond motifs is 1. The molecule has 30 heavy (non-hydrogen) atoms. The van der Waals surface area contributed by atoms with Gasteiger partial charge in [0.25, 0.3) is 0 Å². The van der Waals surface area contributed by atoms with Gasteiger partial charge in [-0.3, -0.25) is 4.98 Å². The van der Waals surface area contributed by atoms with E-state index in [2.05, 4.69) is 28.7 Å². The topological polar surface area (TPSA) is 65.4 Å². The highest BCUT2D eigenvalue weighted by atomic mass is 16.5. The molecule has 0 unspecified atom stereocenters. The molecule has 5 rings (SSSR count). The zero-order valence-corrected chi connectivity index (χ0v) is 16.9. The number of hydrogen-bond donors (Lipinski definition) is 0. The summed E-state index contributed by atoms with van der Waals surface area (Å²) in [6.07, 6.45) is 6.85. The molecule has 6 heteroatoms. The molecule has 4 aromatic rings. The van der Waals surface area contributed by atoms with E-state index >= 15 is 0 Å². The van der Waals surface area contributed by atoms with Crippen LogP contribution in [0.2, 0.25) is 0 Å². The van der Waals surface area contributed by atoms with Gasteiger partial charge in [-0.25, -0.2) is 9.67 Å². The van der Waals surface area contributed by atoms with Gasteiger partial charge in [0.1, 0.15) is 11.5 Å². The normalized spacial score (nSPS) is 15.5. The van der Waals surface area contributed by atoms with Gasteiger partial charge < -0.3 is 9.15 Å². The van der Waals surface area contributed by atoms with Crippen molar-refractivity contribution in [2.75, 3.05) is 7.11 Å². The van der Waals surface area contributed by atoms with Gasteiger partial charge in [-0.1, -0.05) is 19.1 Å². The third-order valence-corrected chi connectivity index (χ3v) is 5.49. The summed E-state index contributed by atoms with van der Waals surface area (Å²) in [5.74, 6) is 2.48. The molecule has 0 saturated heterocycles. The monoisotopic (exact) mass is 398 g/mol. The van der Waals surface area contributed by atoms with E-state index in [0.29, 0.717) is 6.42 Å². The Kier molecular flexibility index (Phi) is 4.67. The molecule has 6 nitrogen and oxygen atoms in total. The molecule has 0 amide bonds. The summed E-state index contributed by atoms with van der Waals surface area (Å²) in [7, 11) is 1.67. The van der Waals surface area contributed by atoms with Crippen LogP contribution >= 0.6 is 0 Å². The fraction of sp³-hybridized carbons (Fsp3) is 0.208. The van der Waals surface area contributed by atoms with Crippen LogP contribution in [0.3, 0.4) is 0 Å². The molecule has 1 aliphatic heterocycles. The van der Waals surface area contributed by atoms with Crippen LogP contribution in [0.4, 0.5) is 5.82 Å². The highest BCUT2D eigenvalue weighted by molar-refractivity contribution is 6.02. The molecule has 0 spiro atoms. The smallest absolute Gasteiger partial charge is 0.159 e. The molecular formula is C24H22N4O2. The van der Waals surface area contributed by atoms with Crippen molar-refractivity contribution in [3.05, 3.63) is 84.2 Å². The quantitative estimate of drug-likeness (QED) is 0.462. The number of aromatic nitrogens is 3. The SMILES string of the molecule is CCc1nn2c(c1-c1ccc(OC)cc1)N=C(c1ccco1)C[C@H]2c1ccncc1. The van der Waals surface area contributed by atoms with Crippen molar-refractivity contribution in [1.82, 2.24) is 14.8 Å². The van der Waals surface area contributed by atoms with E-state index < -0.39 is 0 Å². The maximum absolute atomic E-state index is 5.69. The van der Waals surface area contributed by atoms with Crippen molar-refractivity contribution in [3.63, 3.8) is 0 Å². The molecule has 1 atom stereocenters. The van der Waals surface area contributed by atoms with Crippen LogP contribution in [-0.2, 0) is 6.42 Å². The van der Waals surface area contributed by atoms with Crippen molar-refractivity contribution >= 4 is 11.5 Å². The third kappa shape index (κ3) is 3.10. The Morgan fingerprint density at radius 3 is 2.57 bits per heavy atom. The van der Waals surface area contributed by atoms with Gasteiger partial charge in [-0.2, -0.15) is 5.10 Å². The summed E-state index contributed by atoms with van der Waals surface area (Å²) in [6.45, 7) is 2.12. The number of ether oxygens (including phenoxy) is 1. The van der Waals surface area contributed by atoms with E-state index in [1.807, 2.05) is 48.8 Å². The van der Waals surface area contributed by atoms with Gasteiger partial charge in [0.05, 0.1) is 30.8 Å². The molecule has 0 saturated carbocycles. The van der Waals surface area contributed by atoms with Crippen LogP contribution in [0.1, 0.15) is 36.4 Å². The second kappa shape index (κ2) is 7.63. The number of rotatable bonds is 5. The predicted octanol–water partition coefficient (Wildman–Crippen LogP) is 5.22. The first-order valence-electron chi connectivity index (χ1n) is 10.1. The number of aliphatic imine (C=N–C) groups is 1. The molecule has 0 aliphatic carbocycles. The van der Waals surface area contributed by atoms with E-state index in [4.69, 9.17) is 19.2 Å². The predicted molar refractivity (Wildman–Crippen MR) is 115 cm³/mol. The van der Waals surface area contributed by atoms with Gasteiger partial charge >= 0.3 is 0 Å². The molecule has 4 heterocycles. The molecule has 0 bridgehead atoms. The summed E-state index contributed by atoms with van der Waals surface area (Å²) >= 11 is 0. The average Bonchev–Trinajstić information content (AvgIpc) is 3.47. The summed E-state index contributed by atoms with van der Waals surface area (Å²) in [5, 5.41) is 4.99. The fourth-order valence-corrected chi connectivity index (χ4v) is 3.98. The van der Waals surface area contributed by atoms with Gasteiger partial charge in [-0.15, -0.1) is 0 Å². The molecule has 0 radical (unpaired) electrons. The summed E-state index contributed by atoms with van der Waals surface area (Å²) in [4.78, 5) is 9.21. The molecular weight excluding hydrogens is 376 g/mol. The van der Waals surface area contributed by atoms with Crippen LogP contribution < -0.4 is 4.74 Å². The van der Waals surface area contributed by atoms with Gasteiger partial charge in [0.2, 0.25) is 0 Å². The molecule has 0 N–H and O–H groups in total. The second-order valence-electron chi connectivity index (χ2n) is 7.21. The third-order valence-electron chi connectivity index (χ3n) is 5.49. The summed E-state index contributed by atoms with van der Waals surface area (Å²) in [5.41, 5.74) is 5.23. The second-order valence-corrected chi connectivity index (χ2v) is 7.21. The summed E-state index contributed by atoms with van der Waals surface area (Å²) < 4.78 is 13.1. The first-order chi connectivity index (χ1) is 14.8. The van der Waals surface area contributed by atoms with Crippen LogP contribution in [0.5, 0.6) is 5.75 Å². The number of methoxy groups -OCH3 is 1. The van der Waals surface area contributed by atoms with E-state index in [9.17, 15) is 0 Å². The minimum Gasteiger partial charge on any atom is -0.497 e. The van der Waals surface area contributed by atoms with Crippen LogP contribution in [0, 0.1) is 0 Å². The molecule has 0 fully saturated rings. The van der Waals surface area contributed by atoms with Crippen LogP contribution in [-0.4, -0.2) is 27.6 Å². The minimum absolute atomic E-state index is 0.0258. The Bertz CT molecular complexity index is 1180. The first kappa shape index (κ1) is 18.4. The van der Waals surface area contributed by atoms with E-state index in [1.165, 1.54) is 0 Å². The zero-order chi connectivity index (χ0) is 20.5. The number of benzene rings is 1. The Morgan fingerprint density at radius 2 is 1.90 bits per heavy atom. The number of hydrogen-bond acceptors (Lipinski definition) is 5. The van der Waals surface area contributed by atoms with Crippen molar-refractivity contribution in [2.24, 2.45) is 4.99 Å². The molecule has 1 aromatic carbocycles. The zero-order valence-electron chi connectivity index (χ0n) is 16.9. The first-order valence-corrected chi connectivity index (χ1v) is 10.1. The number of furan rings is 1. The lowest BCUT2D eigenvalue weighted by molar-refractivity contribution is 0.415.